The number of piperidine rings is 2. The molecule has 2 amide bonds. The fourth-order valence-corrected chi connectivity index (χ4v) is 5.45. The summed E-state index contributed by atoms with van der Waals surface area (Å²) >= 11 is 0. The lowest BCUT2D eigenvalue weighted by Crippen LogP contribution is -2.56. The van der Waals surface area contributed by atoms with E-state index in [0.29, 0.717) is 56.2 Å². The number of carbonyl (C=O) groups is 2. The van der Waals surface area contributed by atoms with Crippen LogP contribution < -0.4 is 0 Å². The zero-order chi connectivity index (χ0) is 21.1. The Morgan fingerprint density at radius 1 is 1.20 bits per heavy atom. The van der Waals surface area contributed by atoms with Gasteiger partial charge < -0.3 is 14.9 Å². The number of likely N-dealkylation sites (tertiary alicyclic amines) is 2. The molecule has 30 heavy (non-hydrogen) atoms. The van der Waals surface area contributed by atoms with E-state index < -0.39 is 6.10 Å². The van der Waals surface area contributed by atoms with Crippen molar-refractivity contribution in [2.24, 2.45) is 11.3 Å². The van der Waals surface area contributed by atoms with Crippen LogP contribution in [0.1, 0.15) is 67.4 Å². The minimum atomic E-state index is -0.490. The molecule has 2 saturated heterocycles. The first-order valence-corrected chi connectivity index (χ1v) is 11.1. The van der Waals surface area contributed by atoms with Crippen LogP contribution >= 0.6 is 0 Å². The number of hydrogen-bond donors (Lipinski definition) is 1. The number of rotatable bonds is 3. The standard InChI is InChI=1S/C23H30N4O3/c24-13-19-6-5-18(14-25-19)22(30)26-9-7-23(8-10-26)12-20(28)15-27(16-23)21(29)11-17-3-1-2-4-17/h5-6,14,17,20,28H,1-4,7-12,15-16H2. The maximum Gasteiger partial charge on any atom is 0.255 e. The predicted molar refractivity (Wildman–Crippen MR) is 110 cm³/mol. The number of aromatic nitrogens is 1. The van der Waals surface area contributed by atoms with Crippen LogP contribution in [0.2, 0.25) is 0 Å². The first-order valence-electron chi connectivity index (χ1n) is 11.1. The highest BCUT2D eigenvalue weighted by atomic mass is 16.3. The average Bonchev–Trinajstić information content (AvgIpc) is 3.26. The van der Waals surface area contributed by atoms with Crippen LogP contribution in [0.3, 0.4) is 0 Å². The second-order valence-corrected chi connectivity index (χ2v) is 9.32. The Bertz CT molecular complexity index is 818. The summed E-state index contributed by atoms with van der Waals surface area (Å²) in [4.78, 5) is 33.3. The van der Waals surface area contributed by atoms with Crippen molar-refractivity contribution in [1.29, 1.82) is 5.26 Å². The van der Waals surface area contributed by atoms with E-state index in [1.54, 1.807) is 12.1 Å². The lowest BCUT2D eigenvalue weighted by Gasteiger charge is -2.49. The van der Waals surface area contributed by atoms with Crippen LogP contribution in [-0.2, 0) is 4.79 Å². The summed E-state index contributed by atoms with van der Waals surface area (Å²) in [5, 5.41) is 19.4. The number of aliphatic hydroxyl groups excluding tert-OH is 1. The molecule has 7 nitrogen and oxygen atoms in total. The van der Waals surface area contributed by atoms with Crippen molar-refractivity contribution in [1.82, 2.24) is 14.8 Å². The minimum Gasteiger partial charge on any atom is -0.391 e. The maximum atomic E-state index is 12.9. The Labute approximate surface area is 177 Å². The molecular weight excluding hydrogens is 380 g/mol. The molecule has 1 aromatic rings. The Morgan fingerprint density at radius 2 is 1.93 bits per heavy atom. The van der Waals surface area contributed by atoms with Crippen molar-refractivity contribution >= 4 is 11.8 Å². The molecule has 3 heterocycles. The summed E-state index contributed by atoms with van der Waals surface area (Å²) in [7, 11) is 0. The number of hydrogen-bond acceptors (Lipinski definition) is 5. The van der Waals surface area contributed by atoms with Gasteiger partial charge in [0.1, 0.15) is 11.8 Å². The molecule has 0 radical (unpaired) electrons. The van der Waals surface area contributed by atoms with E-state index >= 15 is 0 Å². The van der Waals surface area contributed by atoms with E-state index in [1.807, 2.05) is 15.9 Å². The third kappa shape index (κ3) is 4.49. The van der Waals surface area contributed by atoms with E-state index in [2.05, 4.69) is 4.98 Å². The van der Waals surface area contributed by atoms with Gasteiger partial charge >= 0.3 is 0 Å². The molecule has 7 heteroatoms. The number of pyridine rings is 1. The predicted octanol–water partition coefficient (Wildman–Crippen LogP) is 2.35. The molecule has 0 bridgehead atoms. The normalized spacial score (nSPS) is 24.1. The van der Waals surface area contributed by atoms with E-state index in [0.717, 1.165) is 25.7 Å². The van der Waals surface area contributed by atoms with E-state index in [1.165, 1.54) is 19.0 Å². The minimum absolute atomic E-state index is 0.0765. The van der Waals surface area contributed by atoms with Gasteiger partial charge in [0, 0.05) is 38.8 Å². The Morgan fingerprint density at radius 3 is 2.57 bits per heavy atom. The zero-order valence-electron chi connectivity index (χ0n) is 17.4. The molecule has 1 unspecified atom stereocenters. The molecule has 1 aliphatic carbocycles. The maximum absolute atomic E-state index is 12.9. The van der Waals surface area contributed by atoms with Crippen LogP contribution in [0.15, 0.2) is 18.3 Å². The second kappa shape index (κ2) is 8.73. The van der Waals surface area contributed by atoms with Gasteiger partial charge in [0.05, 0.1) is 11.7 Å². The SMILES string of the molecule is N#Cc1ccc(C(=O)N2CCC3(CC2)CC(O)CN(C(=O)CC2CCCC2)C3)cn1. The highest BCUT2D eigenvalue weighted by molar-refractivity contribution is 5.94. The van der Waals surface area contributed by atoms with Gasteiger partial charge in [-0.3, -0.25) is 9.59 Å². The quantitative estimate of drug-likeness (QED) is 0.825. The largest absolute Gasteiger partial charge is 0.391 e. The lowest BCUT2D eigenvalue weighted by molar-refractivity contribution is -0.141. The molecule has 4 rings (SSSR count). The van der Waals surface area contributed by atoms with Crippen molar-refractivity contribution < 1.29 is 14.7 Å². The van der Waals surface area contributed by atoms with E-state index in [-0.39, 0.29) is 17.2 Å². The third-order valence-corrected chi connectivity index (χ3v) is 7.15. The molecule has 1 atom stereocenters. The van der Waals surface area contributed by atoms with Crippen molar-refractivity contribution in [2.75, 3.05) is 26.2 Å². The van der Waals surface area contributed by atoms with Crippen molar-refractivity contribution in [2.45, 2.75) is 57.5 Å². The molecule has 1 spiro atoms. The monoisotopic (exact) mass is 410 g/mol. The summed E-state index contributed by atoms with van der Waals surface area (Å²) in [6, 6.07) is 5.16. The molecule has 1 saturated carbocycles. The third-order valence-electron chi connectivity index (χ3n) is 7.15. The summed E-state index contributed by atoms with van der Waals surface area (Å²) in [5.74, 6) is 0.613. The van der Waals surface area contributed by atoms with Crippen molar-refractivity contribution in [3.8, 4) is 6.07 Å². The smallest absolute Gasteiger partial charge is 0.255 e. The molecule has 1 aromatic heterocycles. The Hall–Kier alpha value is -2.46. The van der Waals surface area contributed by atoms with Crippen molar-refractivity contribution in [3.63, 3.8) is 0 Å². The number of β-amino-alcohol motifs (C(OH)–C–C–N with tert-alkyl or cyclic N) is 1. The first-order chi connectivity index (χ1) is 14.5. The van der Waals surface area contributed by atoms with Crippen LogP contribution in [0.5, 0.6) is 0 Å². The molecule has 0 aromatic carbocycles. The van der Waals surface area contributed by atoms with Gasteiger partial charge in [0.15, 0.2) is 0 Å². The highest BCUT2D eigenvalue weighted by Gasteiger charge is 2.43. The fourth-order valence-electron chi connectivity index (χ4n) is 5.45. The zero-order valence-corrected chi connectivity index (χ0v) is 17.4. The molecule has 2 aliphatic heterocycles. The number of nitrogens with zero attached hydrogens (tertiary/aromatic N) is 4. The van der Waals surface area contributed by atoms with Gasteiger partial charge in [-0.25, -0.2) is 4.98 Å². The van der Waals surface area contributed by atoms with Gasteiger partial charge in [-0.15, -0.1) is 0 Å². The van der Waals surface area contributed by atoms with Gasteiger partial charge in [-0.2, -0.15) is 5.26 Å². The molecular formula is C23H30N4O3. The van der Waals surface area contributed by atoms with Crippen LogP contribution in [0.4, 0.5) is 0 Å². The first kappa shape index (κ1) is 20.8. The molecule has 3 aliphatic rings. The van der Waals surface area contributed by atoms with Gasteiger partial charge in [-0.1, -0.05) is 12.8 Å². The number of nitriles is 1. The molecule has 1 N–H and O–H groups in total. The van der Waals surface area contributed by atoms with E-state index in [4.69, 9.17) is 5.26 Å². The van der Waals surface area contributed by atoms with Crippen molar-refractivity contribution in [3.05, 3.63) is 29.6 Å². The topological polar surface area (TPSA) is 97.5 Å². The van der Waals surface area contributed by atoms with E-state index in [9.17, 15) is 14.7 Å². The van der Waals surface area contributed by atoms with Gasteiger partial charge in [-0.05, 0) is 55.6 Å². The number of carbonyl (C=O) groups excluding carboxylic acids is 2. The molecule has 3 fully saturated rings. The summed E-state index contributed by atoms with van der Waals surface area (Å²) in [6.45, 7) is 2.34. The summed E-state index contributed by atoms with van der Waals surface area (Å²) < 4.78 is 0. The van der Waals surface area contributed by atoms with Crippen LogP contribution in [-0.4, -0.2) is 64.0 Å². The number of amides is 2. The Kier molecular flexibility index (Phi) is 6.05. The van der Waals surface area contributed by atoms with Gasteiger partial charge in [0.25, 0.3) is 5.91 Å². The fraction of sp³-hybridized carbons (Fsp3) is 0.652. The highest BCUT2D eigenvalue weighted by Crippen LogP contribution is 2.41. The van der Waals surface area contributed by atoms with Crippen LogP contribution in [0, 0.1) is 22.7 Å². The summed E-state index contributed by atoms with van der Waals surface area (Å²) in [6.07, 6.45) is 8.59. The average molecular weight is 411 g/mol. The Balaban J connectivity index is 1.36. The van der Waals surface area contributed by atoms with Crippen LogP contribution in [0.25, 0.3) is 0 Å². The summed E-state index contributed by atoms with van der Waals surface area (Å²) in [5.41, 5.74) is 0.674. The lowest BCUT2D eigenvalue weighted by atomic mass is 9.71. The van der Waals surface area contributed by atoms with Gasteiger partial charge in [0.2, 0.25) is 5.91 Å². The number of aliphatic hydroxyl groups is 1. The second-order valence-electron chi connectivity index (χ2n) is 9.32. The molecule has 160 valence electrons.